The van der Waals surface area contributed by atoms with Crippen molar-refractivity contribution in [1.82, 2.24) is 0 Å². The van der Waals surface area contributed by atoms with Crippen molar-refractivity contribution in [2.45, 2.75) is 202 Å². The van der Waals surface area contributed by atoms with Gasteiger partial charge in [-0.1, -0.05) is 0 Å². The molecular weight excluding hydrogens is 1550 g/mol. The number of hydrogen-bond acceptors (Lipinski definition) is 0. The molecule has 96 heavy (non-hydrogen) atoms. The minimum atomic E-state index is -5.44. The van der Waals surface area contributed by atoms with Gasteiger partial charge in [-0.2, -0.15) is 0 Å². The van der Waals surface area contributed by atoms with E-state index in [1.54, 1.807) is 66.8 Å². The number of fused-ring (bicyclic) bond motifs is 4. The molecule has 0 aromatic heterocycles. The Hall–Kier alpha value is -4.67. The summed E-state index contributed by atoms with van der Waals surface area (Å²) in [6.45, 7) is 38.2. The van der Waals surface area contributed by atoms with E-state index >= 15 is 0 Å². The zero-order valence-corrected chi connectivity index (χ0v) is 73.8. The molecule has 0 amide bonds. The average Bonchev–Trinajstić information content (AvgIpc) is 1.19. The van der Waals surface area contributed by atoms with Crippen LogP contribution < -0.4 is 0 Å². The number of benzene rings is 8. The molecule has 4 aliphatic carbocycles. The van der Waals surface area contributed by atoms with Crippen molar-refractivity contribution in [2.75, 3.05) is 0 Å². The zero-order valence-electron chi connectivity index (χ0n) is 61.8. The summed E-state index contributed by atoms with van der Waals surface area (Å²) in [7, 11) is 0. The summed E-state index contributed by atoms with van der Waals surface area (Å²) in [4.78, 5) is 0. The topological polar surface area (TPSA) is 0 Å². The first-order chi connectivity index (χ1) is 46.3. The van der Waals surface area contributed by atoms with Gasteiger partial charge in [0.2, 0.25) is 0 Å². The summed E-state index contributed by atoms with van der Waals surface area (Å²) in [6, 6.07) is 79.9. The van der Waals surface area contributed by atoms with Gasteiger partial charge in [0.05, 0.1) is 0 Å². The Balaban J connectivity index is 1.09. The van der Waals surface area contributed by atoms with Crippen LogP contribution in [-0.2, 0) is 30.7 Å². The predicted octanol–water partition coefficient (Wildman–Crippen LogP) is 27.1. The summed E-state index contributed by atoms with van der Waals surface area (Å²) in [5.74, 6) is 0. The number of unbranched alkanes of at least 4 members (excludes halogenated alkanes) is 5. The Morgan fingerprint density at radius 1 is 0.292 bits per heavy atom. The molecule has 8 aromatic carbocycles. The molecule has 8 aromatic rings. The van der Waals surface area contributed by atoms with E-state index < -0.39 is 54.7 Å². The van der Waals surface area contributed by atoms with Gasteiger partial charge in [-0.05, 0) is 0 Å². The second kappa shape index (κ2) is 27.0. The molecule has 0 heterocycles. The van der Waals surface area contributed by atoms with Crippen LogP contribution in [0.3, 0.4) is 0 Å². The first-order valence-electron chi connectivity index (χ1n) is 38.5. The monoisotopic (exact) mass is 1670 g/mol. The van der Waals surface area contributed by atoms with Crippen molar-refractivity contribution in [1.29, 1.82) is 0 Å². The molecule has 12 rings (SSSR count). The molecule has 0 radical (unpaired) electrons. The molecule has 0 spiro atoms. The fourth-order valence-electron chi connectivity index (χ4n) is 26.6. The van der Waals surface area contributed by atoms with Crippen molar-refractivity contribution >= 4 is 48.2 Å². The summed E-state index contributed by atoms with van der Waals surface area (Å²) < 4.78 is 8.16. The fraction of sp³-hybridized carbons (Fsp3) is 0.378. The SMILES string of the molecule is CCC[CH2][Hf]([CH2]CCC)([SiH2]C)([CH]1C(C)=Cc2c(-c3ccccc3)cccc21)([CH]1C(C)=Cc2c(-c3ccccc3)cccc21)[Si](C)(C)CCCC[Si](C)(C)[Hf]([CH2]CCC)([CH2]CCC)([SiH2]C)([CH]1C(C)=Cc2c(-c3ccccc3)cccc21)[CH]1C(C)=Cc2c(-c3ccccc3)cccc21. The molecule has 4 aliphatic rings. The molecule has 4 atom stereocenters. The van der Waals surface area contributed by atoms with Crippen molar-refractivity contribution in [3.05, 3.63) is 261 Å². The molecule has 0 fully saturated rings. The Labute approximate surface area is 580 Å². The molecule has 4 unspecified atom stereocenters. The van der Waals surface area contributed by atoms with E-state index in [0.717, 1.165) is 0 Å². The van der Waals surface area contributed by atoms with Crippen molar-refractivity contribution < 1.29 is 30.7 Å². The Morgan fingerprint density at radius 2 is 0.510 bits per heavy atom. The van der Waals surface area contributed by atoms with E-state index in [1.807, 2.05) is 0 Å². The van der Waals surface area contributed by atoms with Gasteiger partial charge in [0, 0.05) is 0 Å². The molecule has 0 aliphatic heterocycles. The number of allylic oxidation sites excluding steroid dienone is 4. The minimum absolute atomic E-state index is 0.529. The van der Waals surface area contributed by atoms with Crippen LogP contribution in [0.5, 0.6) is 0 Å². The van der Waals surface area contributed by atoms with Crippen LogP contribution in [0.4, 0.5) is 0 Å². The van der Waals surface area contributed by atoms with Crippen molar-refractivity contribution in [3.8, 4) is 44.5 Å². The maximum absolute atomic E-state index is 5.44. The Bertz CT molecular complexity index is 3790. The Morgan fingerprint density at radius 3 is 0.708 bits per heavy atom. The van der Waals surface area contributed by atoms with Gasteiger partial charge in [-0.25, -0.2) is 0 Å². The number of rotatable bonds is 29. The van der Waals surface area contributed by atoms with E-state index in [9.17, 15) is 0 Å². The molecule has 6 heteroatoms. The van der Waals surface area contributed by atoms with E-state index in [-0.39, 0.29) is 0 Å². The fourth-order valence-corrected chi connectivity index (χ4v) is 352. The average molecular weight is 1670 g/mol. The first-order valence-corrected chi connectivity index (χ1v) is 93.6. The summed E-state index contributed by atoms with van der Waals surface area (Å²) >= 11 is -10.9. The summed E-state index contributed by atoms with van der Waals surface area (Å²) in [5.41, 5.74) is 31.4. The summed E-state index contributed by atoms with van der Waals surface area (Å²) in [5, 5.41) is -4.73. The van der Waals surface area contributed by atoms with Gasteiger partial charge in [0.25, 0.3) is 0 Å². The maximum atomic E-state index is 3.16. The van der Waals surface area contributed by atoms with Crippen LogP contribution in [-0.4, -0.2) is 23.9 Å². The first kappa shape index (κ1) is 71.2. The van der Waals surface area contributed by atoms with Crippen LogP contribution in [0.25, 0.3) is 68.8 Å². The van der Waals surface area contributed by atoms with Crippen LogP contribution in [0.15, 0.2) is 216 Å². The van der Waals surface area contributed by atoms with E-state index in [0.29, 0.717) is 14.7 Å². The van der Waals surface area contributed by atoms with Crippen molar-refractivity contribution in [3.63, 3.8) is 0 Å². The van der Waals surface area contributed by atoms with Gasteiger partial charge in [-0.3, -0.25) is 0 Å². The van der Waals surface area contributed by atoms with Crippen LogP contribution in [0.1, 0.15) is 179 Å². The standard InChI is InChI=1S/4C16H13.C8H20Si2.4C4H9.2CH5Si.2Hf/c4*1-12-10-14-8-5-9-15(16(14)11-12)13-6-3-2-4-7-13;1-9(2)7-5-6-8-10(3)4;4*1-3-4-2;2*1-2;;/h4*2-11H,1H3;5-8H2,1-4H3;4*1,3-4H2,2H3;2*2H2,1H3;;. The van der Waals surface area contributed by atoms with Gasteiger partial charge in [-0.15, -0.1) is 0 Å². The van der Waals surface area contributed by atoms with Crippen LogP contribution in [0, 0.1) is 0 Å². The Kier molecular flexibility index (Phi) is 20.0. The quantitative estimate of drug-likeness (QED) is 0.0324. The number of hydrogen-bond donors (Lipinski definition) is 0. The molecule has 0 bridgehead atoms. The molecule has 0 saturated carbocycles. The third-order valence-electron chi connectivity index (χ3n) is 30.8. The third kappa shape index (κ3) is 9.97. The molecule has 0 N–H and O–H groups in total. The van der Waals surface area contributed by atoms with Crippen LogP contribution in [0.2, 0.25) is 68.1 Å². The second-order valence-corrected chi connectivity index (χ2v) is 220. The predicted molar refractivity (Wildman–Crippen MR) is 435 cm³/mol. The van der Waals surface area contributed by atoms with E-state index in [4.69, 9.17) is 0 Å². The van der Waals surface area contributed by atoms with Crippen LogP contribution >= 0.6 is 0 Å². The van der Waals surface area contributed by atoms with Crippen molar-refractivity contribution in [2.24, 2.45) is 0 Å². The van der Waals surface area contributed by atoms with Gasteiger partial charge < -0.3 is 0 Å². The molecular formula is C90H118Hf2Si4. The van der Waals surface area contributed by atoms with Gasteiger partial charge in [0.1, 0.15) is 0 Å². The van der Waals surface area contributed by atoms with E-state index in [2.05, 4.69) is 313 Å². The normalized spacial score (nSPS) is 19.3. The molecule has 502 valence electrons. The third-order valence-corrected chi connectivity index (χ3v) is 367. The van der Waals surface area contributed by atoms with Gasteiger partial charge >= 0.3 is 587 Å². The van der Waals surface area contributed by atoms with Gasteiger partial charge in [0.15, 0.2) is 0 Å². The molecule has 0 nitrogen and oxygen atoms in total. The molecule has 0 saturated heterocycles. The zero-order chi connectivity index (χ0) is 67.9. The summed E-state index contributed by atoms with van der Waals surface area (Å²) in [6.07, 6.45) is 24.5. The van der Waals surface area contributed by atoms with E-state index in [1.165, 1.54) is 138 Å². The second-order valence-electron chi connectivity index (χ2n) is 34.0.